The highest BCUT2D eigenvalue weighted by molar-refractivity contribution is 7.92. The first kappa shape index (κ1) is 28.5. The summed E-state index contributed by atoms with van der Waals surface area (Å²) in [5.74, 6) is -0.000895. The quantitative estimate of drug-likeness (QED) is 0.256. The van der Waals surface area contributed by atoms with Crippen LogP contribution in [0.4, 0.5) is 17.3 Å². The van der Waals surface area contributed by atoms with Crippen LogP contribution in [0.15, 0.2) is 71.6 Å². The first-order valence-electron chi connectivity index (χ1n) is 12.2. The van der Waals surface area contributed by atoms with E-state index < -0.39 is 26.0 Å². The second-order valence-electron chi connectivity index (χ2n) is 9.26. The van der Waals surface area contributed by atoms with E-state index in [0.717, 1.165) is 6.26 Å². The fraction of sp³-hybridized carbons (Fsp3) is 0.192. The van der Waals surface area contributed by atoms with Crippen LogP contribution in [0.1, 0.15) is 10.4 Å². The highest BCUT2D eigenvalue weighted by atomic mass is 35.5. The fourth-order valence-corrected chi connectivity index (χ4v) is 6.19. The molecule has 1 saturated heterocycles. The maximum atomic E-state index is 13.5. The molecule has 1 aliphatic heterocycles. The molecule has 4 aromatic rings. The Labute approximate surface area is 241 Å². The molecule has 0 radical (unpaired) electrons. The molecular formula is C26H25ClN6O6S2. The Morgan fingerprint density at radius 2 is 1.63 bits per heavy atom. The van der Waals surface area contributed by atoms with Crippen molar-refractivity contribution in [2.75, 3.05) is 36.5 Å². The average Bonchev–Trinajstić information content (AvgIpc) is 2.91. The van der Waals surface area contributed by atoms with E-state index >= 15 is 0 Å². The highest BCUT2D eigenvalue weighted by Crippen LogP contribution is 2.32. The fourth-order valence-electron chi connectivity index (χ4n) is 4.07. The molecule has 214 valence electrons. The van der Waals surface area contributed by atoms with Crippen LogP contribution >= 0.6 is 11.6 Å². The molecule has 5 rings (SSSR count). The van der Waals surface area contributed by atoms with E-state index in [4.69, 9.17) is 16.3 Å². The van der Waals surface area contributed by atoms with E-state index in [1.54, 1.807) is 42.5 Å². The van der Waals surface area contributed by atoms with Gasteiger partial charge in [0.2, 0.25) is 10.0 Å². The number of fused-ring (bicyclic) bond motifs is 1. The van der Waals surface area contributed by atoms with Crippen molar-refractivity contribution < 1.29 is 26.4 Å². The number of nitrogens with one attached hydrogen (secondary N) is 3. The van der Waals surface area contributed by atoms with Crippen LogP contribution in [0.2, 0.25) is 5.02 Å². The molecule has 41 heavy (non-hydrogen) atoms. The van der Waals surface area contributed by atoms with Crippen LogP contribution in [0.25, 0.3) is 11.0 Å². The van der Waals surface area contributed by atoms with E-state index in [2.05, 4.69) is 25.3 Å². The van der Waals surface area contributed by atoms with E-state index in [-0.39, 0.29) is 41.2 Å². The summed E-state index contributed by atoms with van der Waals surface area (Å²) in [5.41, 5.74) is 1.47. The summed E-state index contributed by atoms with van der Waals surface area (Å²) in [6.45, 7) is 0.301. The number of ether oxygens (including phenoxy) is 1. The monoisotopic (exact) mass is 616 g/mol. The molecule has 0 aliphatic carbocycles. The first-order valence-corrected chi connectivity index (χ1v) is 15.9. The number of aromatic nitrogens is 2. The molecule has 1 aromatic heterocycles. The molecule has 0 atom stereocenters. The standard InChI is InChI=1S/C26H25ClN6O6S2/c1-39-18-10-11-20(27)23(13-18)31-24-25(30-22-9-4-3-8-21(22)29-24)32-41(37,38)19-7-5-6-16(12-19)26(34)28-17-14-33(15-17)40(2,35)36/h3-13,17H,14-15H2,1-2H3,(H,28,34)(H,29,31)(H,30,32). The summed E-state index contributed by atoms with van der Waals surface area (Å²) in [5, 5.41) is 6.10. The van der Waals surface area contributed by atoms with Gasteiger partial charge in [-0.1, -0.05) is 29.8 Å². The molecule has 3 N–H and O–H groups in total. The lowest BCUT2D eigenvalue weighted by molar-refractivity contribution is 0.0895. The number of carbonyl (C=O) groups excluding carboxylic acids is 1. The van der Waals surface area contributed by atoms with Crippen molar-refractivity contribution in [3.63, 3.8) is 0 Å². The van der Waals surface area contributed by atoms with Crippen LogP contribution in [0.3, 0.4) is 0 Å². The Balaban J connectivity index is 1.42. The predicted molar refractivity (Wildman–Crippen MR) is 156 cm³/mol. The Kier molecular flexibility index (Phi) is 7.74. The van der Waals surface area contributed by atoms with Gasteiger partial charge in [0.15, 0.2) is 11.6 Å². The number of amides is 1. The minimum atomic E-state index is -4.24. The topological polar surface area (TPSA) is 160 Å². The van der Waals surface area contributed by atoms with Gasteiger partial charge in [0.05, 0.1) is 46.0 Å². The van der Waals surface area contributed by atoms with Gasteiger partial charge >= 0.3 is 0 Å². The third kappa shape index (κ3) is 6.35. The van der Waals surface area contributed by atoms with Crippen molar-refractivity contribution in [1.29, 1.82) is 0 Å². The maximum Gasteiger partial charge on any atom is 0.263 e. The number of para-hydroxylation sites is 2. The van der Waals surface area contributed by atoms with Crippen molar-refractivity contribution in [2.45, 2.75) is 10.9 Å². The van der Waals surface area contributed by atoms with Gasteiger partial charge in [-0.15, -0.1) is 0 Å². The number of anilines is 3. The zero-order chi connectivity index (χ0) is 29.4. The van der Waals surface area contributed by atoms with Gasteiger partial charge in [0, 0.05) is 24.7 Å². The molecule has 0 unspecified atom stereocenters. The van der Waals surface area contributed by atoms with Gasteiger partial charge in [-0.05, 0) is 42.5 Å². The van der Waals surface area contributed by atoms with Gasteiger partial charge in [0.1, 0.15) is 5.75 Å². The van der Waals surface area contributed by atoms with Crippen LogP contribution in [-0.4, -0.2) is 69.5 Å². The van der Waals surface area contributed by atoms with Gasteiger partial charge in [-0.25, -0.2) is 26.8 Å². The smallest absolute Gasteiger partial charge is 0.263 e. The van der Waals surface area contributed by atoms with Crippen LogP contribution in [0.5, 0.6) is 5.75 Å². The second-order valence-corrected chi connectivity index (χ2v) is 13.3. The second kappa shape index (κ2) is 11.1. The lowest BCUT2D eigenvalue weighted by atomic mass is 10.1. The molecular weight excluding hydrogens is 592 g/mol. The van der Waals surface area contributed by atoms with Gasteiger partial charge in [-0.2, -0.15) is 4.31 Å². The largest absolute Gasteiger partial charge is 0.497 e. The maximum absolute atomic E-state index is 13.5. The molecule has 0 spiro atoms. The summed E-state index contributed by atoms with van der Waals surface area (Å²) < 4.78 is 59.1. The number of nitrogens with zero attached hydrogens (tertiary/aromatic N) is 3. The first-order chi connectivity index (χ1) is 19.4. The van der Waals surface area contributed by atoms with E-state index in [0.29, 0.717) is 27.5 Å². The zero-order valence-electron chi connectivity index (χ0n) is 21.8. The summed E-state index contributed by atoms with van der Waals surface area (Å²) in [7, 11) is -6.07. The number of hydrogen-bond acceptors (Lipinski definition) is 9. The summed E-state index contributed by atoms with van der Waals surface area (Å²) in [4.78, 5) is 21.6. The van der Waals surface area contributed by atoms with Crippen molar-refractivity contribution in [2.24, 2.45) is 0 Å². The molecule has 0 saturated carbocycles. The number of sulfonamides is 2. The third-order valence-corrected chi connectivity index (χ3v) is 9.19. The lowest BCUT2D eigenvalue weighted by Gasteiger charge is -2.37. The Hall–Kier alpha value is -3.98. The summed E-state index contributed by atoms with van der Waals surface area (Å²) in [6.07, 6.45) is 1.10. The molecule has 1 aliphatic rings. The van der Waals surface area contributed by atoms with Crippen molar-refractivity contribution >= 4 is 65.9 Å². The number of methoxy groups -OCH3 is 1. The Morgan fingerprint density at radius 1 is 0.951 bits per heavy atom. The van der Waals surface area contributed by atoms with Crippen LogP contribution in [-0.2, 0) is 20.0 Å². The lowest BCUT2D eigenvalue weighted by Crippen LogP contribution is -2.60. The molecule has 15 heteroatoms. The minimum Gasteiger partial charge on any atom is -0.497 e. The average molecular weight is 617 g/mol. The van der Waals surface area contributed by atoms with E-state index in [1.807, 2.05) is 0 Å². The minimum absolute atomic E-state index is 0.0900. The summed E-state index contributed by atoms with van der Waals surface area (Å²) >= 11 is 6.36. The molecule has 12 nitrogen and oxygen atoms in total. The van der Waals surface area contributed by atoms with E-state index in [1.165, 1.54) is 35.7 Å². The number of benzene rings is 3. The van der Waals surface area contributed by atoms with Crippen molar-refractivity contribution in [3.8, 4) is 5.75 Å². The van der Waals surface area contributed by atoms with Crippen LogP contribution in [0, 0.1) is 0 Å². The summed E-state index contributed by atoms with van der Waals surface area (Å²) in [6, 6.07) is 17.0. The molecule has 3 aromatic carbocycles. The Morgan fingerprint density at radius 3 is 2.29 bits per heavy atom. The van der Waals surface area contributed by atoms with Crippen LogP contribution < -0.4 is 20.1 Å². The molecule has 1 amide bonds. The highest BCUT2D eigenvalue weighted by Gasteiger charge is 2.34. The molecule has 0 bridgehead atoms. The SMILES string of the molecule is COc1ccc(Cl)c(Nc2nc3ccccc3nc2NS(=O)(=O)c2cccc(C(=O)NC3CN(S(C)(=O)=O)C3)c2)c1. The molecule has 1 fully saturated rings. The normalized spacial score (nSPS) is 14.3. The van der Waals surface area contributed by atoms with Crippen molar-refractivity contribution in [1.82, 2.24) is 19.6 Å². The van der Waals surface area contributed by atoms with Gasteiger partial charge in [0.25, 0.3) is 15.9 Å². The van der Waals surface area contributed by atoms with Gasteiger partial charge < -0.3 is 15.4 Å². The zero-order valence-corrected chi connectivity index (χ0v) is 24.2. The van der Waals surface area contributed by atoms with Gasteiger partial charge in [-0.3, -0.25) is 9.52 Å². The van der Waals surface area contributed by atoms with E-state index in [9.17, 15) is 21.6 Å². The van der Waals surface area contributed by atoms with Crippen molar-refractivity contribution in [3.05, 3.63) is 77.3 Å². The molecule has 2 heterocycles. The number of rotatable bonds is 9. The number of halogens is 1. The number of carbonyl (C=O) groups is 1. The Bertz CT molecular complexity index is 1860. The number of hydrogen-bond donors (Lipinski definition) is 3. The predicted octanol–water partition coefficient (Wildman–Crippen LogP) is 3.21. The third-order valence-electron chi connectivity index (χ3n) is 6.29.